The van der Waals surface area contributed by atoms with Gasteiger partial charge >= 0.3 is 0 Å². The number of piperidine rings is 1. The molecule has 1 fully saturated rings. The molecule has 0 saturated carbocycles. The molecule has 2 amide bonds. The highest BCUT2D eigenvalue weighted by Crippen LogP contribution is 2.25. The molecule has 0 bridgehead atoms. The molecule has 4 N–H and O–H groups in total. The van der Waals surface area contributed by atoms with Gasteiger partial charge in [0.25, 0.3) is 5.91 Å². The fraction of sp³-hybridized carbons (Fsp3) is 0.600. The molecule has 1 aromatic rings. The normalized spacial score (nSPS) is 18.0. The van der Waals surface area contributed by atoms with Crippen molar-refractivity contribution >= 4 is 34.2 Å². The number of nitrogens with zero attached hydrogens (tertiary/aromatic N) is 2. The van der Waals surface area contributed by atoms with Gasteiger partial charge in [-0.25, -0.2) is 8.42 Å². The van der Waals surface area contributed by atoms with Crippen LogP contribution in [-0.4, -0.2) is 62.3 Å². The predicted octanol–water partition coefficient (Wildman–Crippen LogP) is -0.718. The van der Waals surface area contributed by atoms with Gasteiger partial charge in [-0.15, -0.1) is 12.4 Å². The summed E-state index contributed by atoms with van der Waals surface area (Å²) in [6.07, 6.45) is 2.66. The van der Waals surface area contributed by atoms with E-state index in [0.717, 1.165) is 0 Å². The van der Waals surface area contributed by atoms with Gasteiger partial charge in [0.15, 0.2) is 0 Å². The Morgan fingerprint density at radius 2 is 2.08 bits per heavy atom. The van der Waals surface area contributed by atoms with Crippen LogP contribution in [0.25, 0.3) is 0 Å². The number of carbonyl (C=O) groups is 2. The molecule has 0 aliphatic carbocycles. The molecule has 1 aliphatic rings. The number of nitrogens with two attached hydrogens (primary N) is 1. The van der Waals surface area contributed by atoms with E-state index in [2.05, 4.69) is 10.6 Å². The molecule has 2 rings (SSSR count). The Morgan fingerprint density at radius 3 is 2.69 bits per heavy atom. The standard InChI is InChI=1S/C15H25N5O4S.ClH/c1-17-15(22)13-8-12(10-19(13)2)25(23,24)20-7-3-4-11(9-20)14(21)18-6-5-16;/h8,10-11H,3-7,9,16H2,1-2H3,(H,17,22)(H,18,21);1H. The van der Waals surface area contributed by atoms with Gasteiger partial charge in [-0.3, -0.25) is 9.59 Å². The number of nitrogens with one attached hydrogen (secondary N) is 2. The molecule has 1 unspecified atom stereocenters. The third-order valence-corrected chi connectivity index (χ3v) is 6.11. The molecule has 11 heteroatoms. The maximum absolute atomic E-state index is 12.9. The average Bonchev–Trinajstić information content (AvgIpc) is 3.01. The van der Waals surface area contributed by atoms with Gasteiger partial charge in [0.2, 0.25) is 15.9 Å². The number of amides is 2. The first-order chi connectivity index (χ1) is 11.8. The van der Waals surface area contributed by atoms with Gasteiger partial charge in [-0.2, -0.15) is 4.31 Å². The third kappa shape index (κ3) is 4.76. The quantitative estimate of drug-likeness (QED) is 0.573. The van der Waals surface area contributed by atoms with Crippen LogP contribution in [-0.2, 0) is 21.9 Å². The van der Waals surface area contributed by atoms with E-state index in [-0.39, 0.29) is 41.4 Å². The van der Waals surface area contributed by atoms with Crippen molar-refractivity contribution in [2.45, 2.75) is 17.7 Å². The van der Waals surface area contributed by atoms with Crippen LogP contribution in [0, 0.1) is 5.92 Å². The SMILES string of the molecule is CNC(=O)c1cc(S(=O)(=O)N2CCCC(C(=O)NCCN)C2)cn1C.Cl. The first-order valence-corrected chi connectivity index (χ1v) is 9.61. The molecule has 0 spiro atoms. The highest BCUT2D eigenvalue weighted by molar-refractivity contribution is 7.89. The Balaban J connectivity index is 0.00000338. The number of rotatable bonds is 6. The van der Waals surface area contributed by atoms with Crippen molar-refractivity contribution in [1.29, 1.82) is 0 Å². The van der Waals surface area contributed by atoms with E-state index in [0.29, 0.717) is 32.5 Å². The molecule has 2 heterocycles. The number of carbonyl (C=O) groups excluding carboxylic acids is 2. The van der Waals surface area contributed by atoms with Crippen molar-refractivity contribution in [3.05, 3.63) is 18.0 Å². The van der Waals surface area contributed by atoms with Crippen LogP contribution in [0.15, 0.2) is 17.2 Å². The molecule has 1 aliphatic heterocycles. The molecule has 26 heavy (non-hydrogen) atoms. The summed E-state index contributed by atoms with van der Waals surface area (Å²) in [4.78, 5) is 23.9. The fourth-order valence-corrected chi connectivity index (χ4v) is 4.49. The zero-order chi connectivity index (χ0) is 18.6. The van der Waals surface area contributed by atoms with Gasteiger partial charge in [0.1, 0.15) is 10.6 Å². The zero-order valence-electron chi connectivity index (χ0n) is 14.9. The van der Waals surface area contributed by atoms with Crippen LogP contribution in [0.1, 0.15) is 23.3 Å². The molecule has 0 radical (unpaired) electrons. The molecule has 1 aromatic heterocycles. The smallest absolute Gasteiger partial charge is 0.267 e. The highest BCUT2D eigenvalue weighted by Gasteiger charge is 2.34. The first kappa shape index (κ1) is 22.4. The monoisotopic (exact) mass is 407 g/mol. The van der Waals surface area contributed by atoms with Gasteiger partial charge < -0.3 is 20.9 Å². The van der Waals surface area contributed by atoms with Gasteiger partial charge in [-0.1, -0.05) is 0 Å². The number of halogens is 1. The third-order valence-electron chi connectivity index (χ3n) is 4.28. The number of aryl methyl sites for hydroxylation is 1. The summed E-state index contributed by atoms with van der Waals surface area (Å²) in [7, 11) is -0.666. The number of aromatic nitrogens is 1. The van der Waals surface area contributed by atoms with E-state index in [1.165, 1.54) is 28.2 Å². The first-order valence-electron chi connectivity index (χ1n) is 8.17. The van der Waals surface area contributed by atoms with Crippen molar-refractivity contribution in [3.63, 3.8) is 0 Å². The lowest BCUT2D eigenvalue weighted by atomic mass is 9.99. The van der Waals surface area contributed by atoms with Gasteiger partial charge in [0, 0.05) is 46.5 Å². The molecular weight excluding hydrogens is 382 g/mol. The second-order valence-corrected chi connectivity index (χ2v) is 7.97. The Kier molecular flexibility index (Phi) is 8.07. The average molecular weight is 408 g/mol. The lowest BCUT2D eigenvalue weighted by molar-refractivity contribution is -0.126. The largest absolute Gasteiger partial charge is 0.355 e. The maximum atomic E-state index is 12.9. The Bertz CT molecular complexity index is 749. The van der Waals surface area contributed by atoms with Gasteiger partial charge in [0.05, 0.1) is 5.92 Å². The summed E-state index contributed by atoms with van der Waals surface area (Å²) >= 11 is 0. The zero-order valence-corrected chi connectivity index (χ0v) is 16.5. The van der Waals surface area contributed by atoms with Crippen LogP contribution in [0.5, 0.6) is 0 Å². The van der Waals surface area contributed by atoms with E-state index in [1.54, 1.807) is 7.05 Å². The summed E-state index contributed by atoms with van der Waals surface area (Å²) in [5.41, 5.74) is 5.63. The summed E-state index contributed by atoms with van der Waals surface area (Å²) in [6.45, 7) is 1.19. The van der Waals surface area contributed by atoms with Crippen LogP contribution >= 0.6 is 12.4 Å². The molecule has 0 aromatic carbocycles. The lowest BCUT2D eigenvalue weighted by Gasteiger charge is -2.30. The lowest BCUT2D eigenvalue weighted by Crippen LogP contribution is -2.46. The molecule has 1 saturated heterocycles. The van der Waals surface area contributed by atoms with E-state index in [1.807, 2.05) is 0 Å². The maximum Gasteiger partial charge on any atom is 0.267 e. The van der Waals surface area contributed by atoms with Crippen LogP contribution in [0.3, 0.4) is 0 Å². The van der Waals surface area contributed by atoms with Crippen molar-refractivity contribution < 1.29 is 18.0 Å². The molecule has 9 nitrogen and oxygen atoms in total. The minimum Gasteiger partial charge on any atom is -0.355 e. The second kappa shape index (κ2) is 9.36. The topological polar surface area (TPSA) is 127 Å². The van der Waals surface area contributed by atoms with E-state index in [9.17, 15) is 18.0 Å². The number of hydrogen-bond acceptors (Lipinski definition) is 5. The Morgan fingerprint density at radius 1 is 1.38 bits per heavy atom. The highest BCUT2D eigenvalue weighted by atomic mass is 35.5. The summed E-state index contributed by atoms with van der Waals surface area (Å²) in [6, 6.07) is 1.35. The minimum atomic E-state index is -3.76. The number of sulfonamides is 1. The van der Waals surface area contributed by atoms with Crippen molar-refractivity contribution in [1.82, 2.24) is 19.5 Å². The van der Waals surface area contributed by atoms with Gasteiger partial charge in [-0.05, 0) is 18.9 Å². The molecule has 1 atom stereocenters. The summed E-state index contributed by atoms with van der Waals surface area (Å²) in [5, 5.41) is 5.18. The van der Waals surface area contributed by atoms with Crippen molar-refractivity contribution in [2.75, 3.05) is 33.2 Å². The Labute approximate surface area is 159 Å². The molecular formula is C15H26ClN5O4S. The van der Waals surface area contributed by atoms with E-state index >= 15 is 0 Å². The van der Waals surface area contributed by atoms with Crippen molar-refractivity contribution in [3.8, 4) is 0 Å². The van der Waals surface area contributed by atoms with Crippen molar-refractivity contribution in [2.24, 2.45) is 18.7 Å². The van der Waals surface area contributed by atoms with Crippen LogP contribution in [0.4, 0.5) is 0 Å². The summed E-state index contributed by atoms with van der Waals surface area (Å²) in [5.74, 6) is -0.928. The van der Waals surface area contributed by atoms with Crippen LogP contribution in [0.2, 0.25) is 0 Å². The van der Waals surface area contributed by atoms with E-state index < -0.39 is 15.9 Å². The predicted molar refractivity (Wildman–Crippen MR) is 99.6 cm³/mol. The van der Waals surface area contributed by atoms with Crippen LogP contribution < -0.4 is 16.4 Å². The number of hydrogen-bond donors (Lipinski definition) is 3. The fourth-order valence-electron chi connectivity index (χ4n) is 2.89. The summed E-state index contributed by atoms with van der Waals surface area (Å²) < 4.78 is 28.5. The van der Waals surface area contributed by atoms with E-state index in [4.69, 9.17) is 5.73 Å². The Hall–Kier alpha value is -1.62. The minimum absolute atomic E-state index is 0. The second-order valence-electron chi connectivity index (χ2n) is 6.03. The molecule has 148 valence electrons.